The van der Waals surface area contributed by atoms with Crippen LogP contribution in [0.5, 0.6) is 0 Å². The van der Waals surface area contributed by atoms with Gasteiger partial charge in [-0.1, -0.05) is 30.3 Å². The number of carbonyl (C=O) groups excluding carboxylic acids is 2. The minimum Gasteiger partial charge on any atom is -0.480 e. The second-order valence-corrected chi connectivity index (χ2v) is 7.16. The molecule has 29 heavy (non-hydrogen) atoms. The maximum atomic E-state index is 12.5. The molecule has 1 aromatic carbocycles. The number of benzene rings is 1. The van der Waals surface area contributed by atoms with Gasteiger partial charge in [-0.2, -0.15) is 0 Å². The van der Waals surface area contributed by atoms with Crippen molar-refractivity contribution in [3.63, 3.8) is 0 Å². The first-order chi connectivity index (χ1) is 13.9. The lowest BCUT2D eigenvalue weighted by Crippen LogP contribution is -2.49. The fraction of sp³-hybridized carbons (Fsp3) is 0.400. The number of aromatic nitrogens is 2. The molecule has 1 amide bonds. The number of aliphatic carboxylic acids is 1. The maximum absolute atomic E-state index is 12.5. The Morgan fingerprint density at radius 2 is 2.03 bits per heavy atom. The molecule has 3 rings (SSSR count). The Labute approximate surface area is 168 Å². The van der Waals surface area contributed by atoms with Crippen LogP contribution in [-0.2, 0) is 22.4 Å². The summed E-state index contributed by atoms with van der Waals surface area (Å²) in [6, 6.07) is 7.19. The predicted molar refractivity (Wildman–Crippen MR) is 105 cm³/mol. The van der Waals surface area contributed by atoms with E-state index in [-0.39, 0.29) is 24.3 Å². The number of imidazole rings is 1. The van der Waals surface area contributed by atoms with Gasteiger partial charge in [0.05, 0.1) is 17.8 Å². The first kappa shape index (κ1) is 20.7. The summed E-state index contributed by atoms with van der Waals surface area (Å²) in [6.07, 6.45) is 4.70. The summed E-state index contributed by atoms with van der Waals surface area (Å²) in [5.74, 6) is -1.83. The summed E-state index contributed by atoms with van der Waals surface area (Å²) in [4.78, 5) is 40.4. The molecule has 0 radical (unpaired) electrons. The van der Waals surface area contributed by atoms with E-state index in [0.29, 0.717) is 18.5 Å². The van der Waals surface area contributed by atoms with E-state index >= 15 is 0 Å². The number of hydrogen-bond acceptors (Lipinski definition) is 6. The standard InChI is InChI=1S/C20H25N5O4/c21-15(9-13-5-2-1-3-6-13)19(27)25-11-14(23-12-25)10-17(20(28)29)24-18(26)16-7-4-8-22-16/h1-3,5-6,11-12,15-17,22H,4,7-10,21H2,(H,24,26)(H,28,29)/t15-,16-,17-/m0/s1. The highest BCUT2D eigenvalue weighted by Gasteiger charge is 2.28. The van der Waals surface area contributed by atoms with E-state index in [1.165, 1.54) is 17.1 Å². The van der Waals surface area contributed by atoms with E-state index in [9.17, 15) is 19.5 Å². The normalized spacial score (nSPS) is 18.2. The SMILES string of the molecule is N[C@@H](Cc1ccccc1)C(=O)n1cnc(C[C@H](NC(=O)[C@@H]2CCCN2)C(=O)O)c1. The van der Waals surface area contributed by atoms with Crippen LogP contribution in [-0.4, -0.2) is 57.1 Å². The van der Waals surface area contributed by atoms with Crippen LogP contribution in [0, 0.1) is 0 Å². The average molecular weight is 399 g/mol. The molecule has 1 fully saturated rings. The summed E-state index contributed by atoms with van der Waals surface area (Å²) in [7, 11) is 0. The van der Waals surface area contributed by atoms with E-state index in [4.69, 9.17) is 5.73 Å². The number of carboxylic acid groups (broad SMARTS) is 1. The summed E-state index contributed by atoms with van der Waals surface area (Å²) < 4.78 is 1.27. The van der Waals surface area contributed by atoms with Gasteiger partial charge in [0.15, 0.2) is 0 Å². The van der Waals surface area contributed by atoms with Gasteiger partial charge in [0.25, 0.3) is 0 Å². The highest BCUT2D eigenvalue weighted by atomic mass is 16.4. The summed E-state index contributed by atoms with van der Waals surface area (Å²) in [6.45, 7) is 0.742. The molecule has 0 unspecified atom stereocenters. The van der Waals surface area contributed by atoms with Gasteiger partial charge < -0.3 is 21.5 Å². The molecule has 1 saturated heterocycles. The quantitative estimate of drug-likeness (QED) is 0.488. The molecule has 154 valence electrons. The van der Waals surface area contributed by atoms with Crippen LogP contribution >= 0.6 is 0 Å². The average Bonchev–Trinajstić information content (AvgIpc) is 3.40. The minimum atomic E-state index is -1.15. The zero-order valence-corrected chi connectivity index (χ0v) is 16.0. The molecular weight excluding hydrogens is 374 g/mol. The number of hydrogen-bond donors (Lipinski definition) is 4. The Balaban J connectivity index is 1.60. The van der Waals surface area contributed by atoms with Crippen molar-refractivity contribution in [1.82, 2.24) is 20.2 Å². The number of rotatable bonds is 8. The molecule has 0 aliphatic carbocycles. The zero-order valence-electron chi connectivity index (χ0n) is 16.0. The molecule has 0 spiro atoms. The van der Waals surface area contributed by atoms with Crippen LogP contribution < -0.4 is 16.4 Å². The highest BCUT2D eigenvalue weighted by molar-refractivity contribution is 5.87. The molecule has 0 saturated carbocycles. The van der Waals surface area contributed by atoms with Gasteiger partial charge >= 0.3 is 5.97 Å². The van der Waals surface area contributed by atoms with Gasteiger partial charge in [-0.05, 0) is 31.4 Å². The van der Waals surface area contributed by atoms with E-state index in [2.05, 4.69) is 15.6 Å². The Morgan fingerprint density at radius 3 is 2.69 bits per heavy atom. The van der Waals surface area contributed by atoms with E-state index in [1.807, 2.05) is 30.3 Å². The van der Waals surface area contributed by atoms with Gasteiger partial charge in [-0.15, -0.1) is 0 Å². The molecule has 2 heterocycles. The van der Waals surface area contributed by atoms with Gasteiger partial charge in [0.1, 0.15) is 12.4 Å². The zero-order chi connectivity index (χ0) is 20.8. The number of carboxylic acids is 1. The monoisotopic (exact) mass is 399 g/mol. The number of nitrogens with two attached hydrogens (primary N) is 1. The van der Waals surface area contributed by atoms with Crippen LogP contribution in [0.2, 0.25) is 0 Å². The van der Waals surface area contributed by atoms with Gasteiger partial charge in [0.2, 0.25) is 11.8 Å². The summed E-state index contributed by atoms with van der Waals surface area (Å²) in [5.41, 5.74) is 7.35. The van der Waals surface area contributed by atoms with Crippen molar-refractivity contribution in [2.45, 2.75) is 43.8 Å². The molecule has 9 nitrogen and oxygen atoms in total. The largest absolute Gasteiger partial charge is 0.480 e. The third kappa shape index (κ3) is 5.49. The number of carbonyl (C=O) groups is 3. The molecule has 0 bridgehead atoms. The second kappa shape index (κ2) is 9.44. The fourth-order valence-corrected chi connectivity index (χ4v) is 3.33. The Morgan fingerprint density at radius 1 is 1.28 bits per heavy atom. The Kier molecular flexibility index (Phi) is 6.73. The van der Waals surface area contributed by atoms with E-state index < -0.39 is 18.1 Å². The van der Waals surface area contributed by atoms with E-state index in [1.54, 1.807) is 0 Å². The predicted octanol–water partition coefficient (Wildman–Crippen LogP) is -0.0428. The van der Waals surface area contributed by atoms with Crippen LogP contribution in [0.1, 0.15) is 28.9 Å². The number of amides is 1. The first-order valence-corrected chi connectivity index (χ1v) is 9.57. The minimum absolute atomic E-state index is 0.0258. The van der Waals surface area contributed by atoms with Crippen LogP contribution in [0.15, 0.2) is 42.9 Å². The van der Waals surface area contributed by atoms with Crippen molar-refractivity contribution >= 4 is 17.8 Å². The lowest BCUT2D eigenvalue weighted by atomic mass is 10.1. The smallest absolute Gasteiger partial charge is 0.326 e. The van der Waals surface area contributed by atoms with Crippen LogP contribution in [0.25, 0.3) is 0 Å². The topological polar surface area (TPSA) is 139 Å². The number of nitrogens with one attached hydrogen (secondary N) is 2. The van der Waals surface area contributed by atoms with Crippen molar-refractivity contribution in [2.24, 2.45) is 5.73 Å². The van der Waals surface area contributed by atoms with Crippen molar-refractivity contribution in [3.8, 4) is 0 Å². The second-order valence-electron chi connectivity index (χ2n) is 7.16. The Hall–Kier alpha value is -3.04. The third-order valence-electron chi connectivity index (χ3n) is 4.91. The number of nitrogens with zero attached hydrogens (tertiary/aromatic N) is 2. The molecule has 2 aromatic rings. The Bertz CT molecular complexity index is 861. The molecule has 5 N–H and O–H groups in total. The van der Waals surface area contributed by atoms with Crippen molar-refractivity contribution in [3.05, 3.63) is 54.1 Å². The molecule has 1 aromatic heterocycles. The summed E-state index contributed by atoms with van der Waals surface area (Å²) in [5, 5.41) is 15.0. The maximum Gasteiger partial charge on any atom is 0.326 e. The van der Waals surface area contributed by atoms with Crippen molar-refractivity contribution in [1.29, 1.82) is 0 Å². The fourth-order valence-electron chi connectivity index (χ4n) is 3.33. The highest BCUT2D eigenvalue weighted by Crippen LogP contribution is 2.08. The molecule has 9 heteroatoms. The molecule has 3 atom stereocenters. The van der Waals surface area contributed by atoms with Crippen molar-refractivity contribution < 1.29 is 19.5 Å². The van der Waals surface area contributed by atoms with Gasteiger partial charge in [0, 0.05) is 12.6 Å². The first-order valence-electron chi connectivity index (χ1n) is 9.57. The lowest BCUT2D eigenvalue weighted by Gasteiger charge is -2.16. The molecular formula is C20H25N5O4. The lowest BCUT2D eigenvalue weighted by molar-refractivity contribution is -0.142. The third-order valence-corrected chi connectivity index (χ3v) is 4.91. The van der Waals surface area contributed by atoms with E-state index in [0.717, 1.165) is 18.5 Å². The van der Waals surface area contributed by atoms with Gasteiger partial charge in [-0.25, -0.2) is 9.78 Å². The van der Waals surface area contributed by atoms with Crippen molar-refractivity contribution in [2.75, 3.05) is 6.54 Å². The van der Waals surface area contributed by atoms with Crippen LogP contribution in [0.4, 0.5) is 0 Å². The summed E-state index contributed by atoms with van der Waals surface area (Å²) >= 11 is 0. The van der Waals surface area contributed by atoms with Gasteiger partial charge in [-0.3, -0.25) is 14.2 Å². The molecule has 1 aliphatic rings. The molecule has 1 aliphatic heterocycles. The van der Waals surface area contributed by atoms with Crippen LogP contribution in [0.3, 0.4) is 0 Å².